The van der Waals surface area contributed by atoms with Gasteiger partial charge in [-0.3, -0.25) is 4.57 Å². The van der Waals surface area contributed by atoms with Crippen LogP contribution in [0.25, 0.3) is 10.9 Å². The molecule has 15 heavy (non-hydrogen) atoms. The van der Waals surface area contributed by atoms with E-state index in [0.717, 1.165) is 4.47 Å². The first-order valence-corrected chi connectivity index (χ1v) is 6.71. The molecule has 80 valence electrons. The molecule has 4 nitrogen and oxygen atoms in total. The molecule has 0 fully saturated rings. The Morgan fingerprint density at radius 2 is 2.07 bits per heavy atom. The minimum atomic E-state index is -4.36. The molecular weight excluding hydrogens is 304 g/mol. The Hall–Kier alpha value is -0.320. The first-order valence-electron chi connectivity index (χ1n) is 3.92. The maximum Gasteiger partial charge on any atom is 0.359 e. The van der Waals surface area contributed by atoms with Gasteiger partial charge in [0.15, 0.2) is 0 Å². The third-order valence-corrected chi connectivity index (χ3v) is 3.94. The van der Waals surface area contributed by atoms with Crippen LogP contribution in [-0.2, 0) is 4.57 Å². The molecule has 0 amide bonds. The van der Waals surface area contributed by atoms with Crippen LogP contribution in [0.1, 0.15) is 0 Å². The van der Waals surface area contributed by atoms with Crippen molar-refractivity contribution in [1.29, 1.82) is 0 Å². The standard InChI is InChI=1S/C8H6BrClNO3P/c9-4-1-2-6-5(3-4)7(8(10)11-6)15(12,13)14/h1-3,11H,(H2,12,13,14). The van der Waals surface area contributed by atoms with Crippen molar-refractivity contribution < 1.29 is 14.4 Å². The number of nitrogens with one attached hydrogen (secondary N) is 1. The third-order valence-electron chi connectivity index (χ3n) is 1.98. The van der Waals surface area contributed by atoms with Crippen molar-refractivity contribution in [2.24, 2.45) is 0 Å². The summed E-state index contributed by atoms with van der Waals surface area (Å²) in [5, 5.41) is 0.264. The van der Waals surface area contributed by atoms with Gasteiger partial charge in [0.2, 0.25) is 0 Å². The number of aromatic amines is 1. The number of hydrogen-bond donors (Lipinski definition) is 3. The summed E-state index contributed by atoms with van der Waals surface area (Å²) in [6, 6.07) is 5.08. The molecule has 2 rings (SSSR count). The Kier molecular flexibility index (Phi) is 2.69. The topological polar surface area (TPSA) is 73.3 Å². The molecule has 1 aromatic carbocycles. The zero-order valence-corrected chi connectivity index (χ0v) is 10.5. The summed E-state index contributed by atoms with van der Waals surface area (Å²) in [6.45, 7) is 0. The van der Waals surface area contributed by atoms with Gasteiger partial charge in [-0.1, -0.05) is 27.5 Å². The van der Waals surface area contributed by atoms with Crippen molar-refractivity contribution in [3.05, 3.63) is 27.8 Å². The lowest BCUT2D eigenvalue weighted by Crippen LogP contribution is -2.02. The van der Waals surface area contributed by atoms with Crippen LogP contribution in [0.5, 0.6) is 0 Å². The van der Waals surface area contributed by atoms with Crippen LogP contribution in [0, 0.1) is 0 Å². The van der Waals surface area contributed by atoms with Gasteiger partial charge in [-0.05, 0) is 18.2 Å². The number of halogens is 2. The number of aromatic nitrogens is 1. The highest BCUT2D eigenvalue weighted by Crippen LogP contribution is 2.40. The van der Waals surface area contributed by atoms with Gasteiger partial charge in [0.25, 0.3) is 0 Å². The van der Waals surface area contributed by atoms with E-state index in [2.05, 4.69) is 20.9 Å². The second kappa shape index (κ2) is 3.61. The van der Waals surface area contributed by atoms with Gasteiger partial charge in [0.05, 0.1) is 0 Å². The van der Waals surface area contributed by atoms with E-state index in [9.17, 15) is 4.57 Å². The van der Waals surface area contributed by atoms with E-state index < -0.39 is 7.60 Å². The fraction of sp³-hybridized carbons (Fsp3) is 0. The predicted molar refractivity (Wildman–Crippen MR) is 62.7 cm³/mol. The molecule has 0 saturated carbocycles. The van der Waals surface area contributed by atoms with Crippen LogP contribution < -0.4 is 5.30 Å². The van der Waals surface area contributed by atoms with E-state index in [4.69, 9.17) is 21.4 Å². The fourth-order valence-electron chi connectivity index (χ4n) is 1.40. The molecule has 3 N–H and O–H groups in total. The van der Waals surface area contributed by atoms with E-state index in [1.54, 1.807) is 18.2 Å². The first kappa shape index (κ1) is 11.2. The van der Waals surface area contributed by atoms with Gasteiger partial charge in [-0.2, -0.15) is 0 Å². The highest BCUT2D eigenvalue weighted by Gasteiger charge is 2.26. The number of rotatable bonds is 1. The smallest absolute Gasteiger partial charge is 0.345 e. The van der Waals surface area contributed by atoms with Gasteiger partial charge in [-0.25, -0.2) is 0 Å². The quantitative estimate of drug-likeness (QED) is 0.708. The van der Waals surface area contributed by atoms with Crippen LogP contribution in [0.2, 0.25) is 5.15 Å². The normalized spacial score (nSPS) is 12.3. The van der Waals surface area contributed by atoms with E-state index in [1.165, 1.54) is 0 Å². The zero-order chi connectivity index (χ0) is 11.2. The minimum Gasteiger partial charge on any atom is -0.345 e. The van der Waals surface area contributed by atoms with Gasteiger partial charge in [0.1, 0.15) is 10.5 Å². The molecule has 0 aliphatic rings. The van der Waals surface area contributed by atoms with Crippen molar-refractivity contribution in [2.75, 3.05) is 0 Å². The predicted octanol–water partition coefficient (Wildman–Crippen LogP) is 2.39. The second-order valence-electron chi connectivity index (χ2n) is 3.02. The number of hydrogen-bond acceptors (Lipinski definition) is 1. The van der Waals surface area contributed by atoms with Crippen molar-refractivity contribution in [3.8, 4) is 0 Å². The Balaban J connectivity index is 2.89. The molecule has 0 aliphatic carbocycles. The molecule has 0 spiro atoms. The summed E-state index contributed by atoms with van der Waals surface area (Å²) < 4.78 is 12.0. The average molecular weight is 310 g/mol. The minimum absolute atomic E-state index is 0.0172. The highest BCUT2D eigenvalue weighted by molar-refractivity contribution is 9.10. The van der Waals surface area contributed by atoms with Gasteiger partial charge in [-0.15, -0.1) is 0 Å². The number of fused-ring (bicyclic) bond motifs is 1. The molecule has 0 atom stereocenters. The number of H-pyrrole nitrogens is 1. The average Bonchev–Trinajstić information content (AvgIpc) is 2.38. The summed E-state index contributed by atoms with van der Waals surface area (Å²) in [6.07, 6.45) is 0. The van der Waals surface area contributed by atoms with E-state index in [-0.39, 0.29) is 10.5 Å². The Morgan fingerprint density at radius 3 is 2.67 bits per heavy atom. The summed E-state index contributed by atoms with van der Waals surface area (Å²) >= 11 is 8.97. The Labute approximate surface area is 98.5 Å². The van der Waals surface area contributed by atoms with Gasteiger partial charge < -0.3 is 14.8 Å². The van der Waals surface area contributed by atoms with Gasteiger partial charge >= 0.3 is 7.60 Å². The highest BCUT2D eigenvalue weighted by atomic mass is 79.9. The lowest BCUT2D eigenvalue weighted by Gasteiger charge is -2.02. The Bertz CT molecular complexity index is 577. The van der Waals surface area contributed by atoms with E-state index in [1.807, 2.05) is 0 Å². The van der Waals surface area contributed by atoms with Crippen LogP contribution in [0.15, 0.2) is 22.7 Å². The molecule has 1 heterocycles. The maximum absolute atomic E-state index is 11.2. The lowest BCUT2D eigenvalue weighted by molar-refractivity contribution is 0.388. The molecule has 2 aromatic rings. The maximum atomic E-state index is 11.2. The largest absolute Gasteiger partial charge is 0.359 e. The molecule has 0 radical (unpaired) electrons. The molecule has 0 unspecified atom stereocenters. The third kappa shape index (κ3) is 1.98. The molecular formula is C8H6BrClNO3P. The number of benzene rings is 1. The van der Waals surface area contributed by atoms with Crippen LogP contribution in [-0.4, -0.2) is 14.8 Å². The van der Waals surface area contributed by atoms with Crippen LogP contribution >= 0.6 is 35.1 Å². The van der Waals surface area contributed by atoms with E-state index in [0.29, 0.717) is 10.9 Å². The molecule has 0 bridgehead atoms. The lowest BCUT2D eigenvalue weighted by atomic mass is 10.2. The van der Waals surface area contributed by atoms with Crippen molar-refractivity contribution in [1.82, 2.24) is 4.98 Å². The second-order valence-corrected chi connectivity index (χ2v) is 5.85. The first-order chi connectivity index (χ1) is 6.89. The molecule has 0 saturated heterocycles. The zero-order valence-electron chi connectivity index (χ0n) is 7.24. The summed E-state index contributed by atoms with van der Waals surface area (Å²) in [5.41, 5.74) is 0.599. The summed E-state index contributed by atoms with van der Waals surface area (Å²) in [7, 11) is -4.36. The monoisotopic (exact) mass is 309 g/mol. The van der Waals surface area contributed by atoms with Crippen molar-refractivity contribution in [2.45, 2.75) is 0 Å². The van der Waals surface area contributed by atoms with Crippen LogP contribution in [0.4, 0.5) is 0 Å². The SMILES string of the molecule is O=P(O)(O)c1c(Cl)[nH]c2ccc(Br)cc12. The van der Waals surface area contributed by atoms with E-state index >= 15 is 0 Å². The fourth-order valence-corrected chi connectivity index (χ4v) is 3.11. The van der Waals surface area contributed by atoms with Crippen molar-refractivity contribution in [3.63, 3.8) is 0 Å². The van der Waals surface area contributed by atoms with Crippen LogP contribution in [0.3, 0.4) is 0 Å². The molecule has 1 aromatic heterocycles. The van der Waals surface area contributed by atoms with Crippen molar-refractivity contribution >= 4 is 51.3 Å². The molecule has 0 aliphatic heterocycles. The van der Waals surface area contributed by atoms with Gasteiger partial charge in [0, 0.05) is 15.4 Å². The summed E-state index contributed by atoms with van der Waals surface area (Å²) in [4.78, 5) is 21.0. The Morgan fingerprint density at radius 1 is 1.40 bits per heavy atom. The molecule has 7 heteroatoms. The summed E-state index contributed by atoms with van der Waals surface area (Å²) in [5.74, 6) is 0.